The highest BCUT2D eigenvalue weighted by Crippen LogP contribution is 2.36. The molecule has 3 heterocycles. The highest BCUT2D eigenvalue weighted by molar-refractivity contribution is 7.51. The lowest BCUT2D eigenvalue weighted by Gasteiger charge is -2.32. The largest absolute Gasteiger partial charge is 0.339 e. The normalized spacial score (nSPS) is 20.5. The molecule has 2 aromatic heterocycles. The Morgan fingerprint density at radius 1 is 1.41 bits per heavy atom. The van der Waals surface area contributed by atoms with Crippen molar-refractivity contribution in [3.8, 4) is 0 Å². The van der Waals surface area contributed by atoms with E-state index in [4.69, 9.17) is 9.79 Å². The number of fused-ring (bicyclic) bond motifs is 1. The van der Waals surface area contributed by atoms with E-state index in [1.165, 1.54) is 6.33 Å². The molecule has 22 heavy (non-hydrogen) atoms. The Morgan fingerprint density at radius 3 is 3.00 bits per heavy atom. The van der Waals surface area contributed by atoms with Gasteiger partial charge in [-0.25, -0.2) is 9.97 Å². The second-order valence-corrected chi connectivity index (χ2v) is 7.30. The summed E-state index contributed by atoms with van der Waals surface area (Å²) in [6, 6.07) is 0. The fourth-order valence-electron chi connectivity index (χ4n) is 2.99. The van der Waals surface area contributed by atoms with Gasteiger partial charge in [-0.1, -0.05) is 0 Å². The van der Waals surface area contributed by atoms with Crippen molar-refractivity contribution in [1.82, 2.24) is 24.4 Å². The average molecular weight is 327 g/mol. The highest BCUT2D eigenvalue weighted by atomic mass is 31.2. The van der Waals surface area contributed by atoms with Crippen LogP contribution in [0.15, 0.2) is 17.4 Å². The molecular weight excluding hydrogens is 309 g/mol. The van der Waals surface area contributed by atoms with E-state index in [1.807, 2.05) is 4.57 Å². The Kier molecular flexibility index (Phi) is 4.14. The van der Waals surface area contributed by atoms with E-state index >= 15 is 0 Å². The molecule has 0 aliphatic carbocycles. The minimum absolute atomic E-state index is 0.202. The predicted octanol–water partition coefficient (Wildman–Crippen LogP) is -0.0332. The SMILES string of the molecule is O=c1[nH]cnc2c1ncn2CC1CCCN(CP(=O)(O)O)C1. The summed E-state index contributed by atoms with van der Waals surface area (Å²) in [6.45, 7) is 1.95. The maximum atomic E-state index is 11.6. The van der Waals surface area contributed by atoms with Gasteiger partial charge in [-0.2, -0.15) is 0 Å². The molecule has 3 rings (SSSR count). The Balaban J connectivity index is 1.73. The fraction of sp³-hybridized carbons (Fsp3) is 0.583. The first kappa shape index (κ1) is 15.4. The first-order chi connectivity index (χ1) is 10.4. The summed E-state index contributed by atoms with van der Waals surface area (Å²) in [7, 11) is -4.03. The molecule has 0 radical (unpaired) electrons. The topological polar surface area (TPSA) is 124 Å². The van der Waals surface area contributed by atoms with Gasteiger partial charge in [-0.05, 0) is 25.3 Å². The van der Waals surface area contributed by atoms with E-state index in [9.17, 15) is 9.36 Å². The predicted molar refractivity (Wildman–Crippen MR) is 79.4 cm³/mol. The van der Waals surface area contributed by atoms with Crippen LogP contribution in [-0.2, 0) is 11.1 Å². The van der Waals surface area contributed by atoms with Gasteiger partial charge in [0.1, 0.15) is 6.29 Å². The molecule has 1 unspecified atom stereocenters. The summed E-state index contributed by atoms with van der Waals surface area (Å²) in [5, 5.41) is 0. The average Bonchev–Trinajstić information content (AvgIpc) is 2.82. The Hall–Kier alpha value is -1.54. The lowest BCUT2D eigenvalue weighted by Crippen LogP contribution is -2.37. The van der Waals surface area contributed by atoms with Crippen LogP contribution in [-0.4, -0.2) is 53.6 Å². The van der Waals surface area contributed by atoms with Gasteiger partial charge in [-0.3, -0.25) is 14.3 Å². The first-order valence-electron chi connectivity index (χ1n) is 7.08. The van der Waals surface area contributed by atoms with Crippen LogP contribution in [0.1, 0.15) is 12.8 Å². The van der Waals surface area contributed by atoms with E-state index in [2.05, 4.69) is 15.0 Å². The van der Waals surface area contributed by atoms with Crippen molar-refractivity contribution in [2.75, 3.05) is 19.4 Å². The van der Waals surface area contributed by atoms with Crippen LogP contribution >= 0.6 is 7.60 Å². The molecular formula is C12H18N5O4P. The minimum Gasteiger partial charge on any atom is -0.324 e. The van der Waals surface area contributed by atoms with E-state index in [1.54, 1.807) is 11.2 Å². The summed E-state index contributed by atoms with van der Waals surface area (Å²) >= 11 is 0. The molecule has 0 amide bonds. The van der Waals surface area contributed by atoms with Gasteiger partial charge in [0.15, 0.2) is 11.2 Å². The Morgan fingerprint density at radius 2 is 2.23 bits per heavy atom. The summed E-state index contributed by atoms with van der Waals surface area (Å²) in [4.78, 5) is 42.3. The van der Waals surface area contributed by atoms with Crippen molar-refractivity contribution in [3.63, 3.8) is 0 Å². The maximum Gasteiger partial charge on any atom is 0.339 e. The van der Waals surface area contributed by atoms with Crippen LogP contribution in [0.3, 0.4) is 0 Å². The summed E-state index contributed by atoms with van der Waals surface area (Å²) in [6.07, 6.45) is 4.61. The molecule has 1 fully saturated rings. The van der Waals surface area contributed by atoms with Crippen LogP contribution in [0.25, 0.3) is 11.2 Å². The van der Waals surface area contributed by atoms with Crippen molar-refractivity contribution in [3.05, 3.63) is 23.0 Å². The molecule has 2 aromatic rings. The summed E-state index contributed by atoms with van der Waals surface area (Å²) in [5.74, 6) is 0.249. The van der Waals surface area contributed by atoms with Crippen LogP contribution in [0.2, 0.25) is 0 Å². The van der Waals surface area contributed by atoms with Crippen molar-refractivity contribution in [1.29, 1.82) is 0 Å². The molecule has 1 aliphatic heterocycles. The second-order valence-electron chi connectivity index (χ2n) is 5.69. The number of aromatic nitrogens is 4. The number of nitrogens with one attached hydrogen (secondary N) is 1. The van der Waals surface area contributed by atoms with Crippen LogP contribution in [0, 0.1) is 5.92 Å². The summed E-state index contributed by atoms with van der Waals surface area (Å²) < 4.78 is 13.0. The lowest BCUT2D eigenvalue weighted by atomic mass is 9.98. The third kappa shape index (κ3) is 3.44. The number of H-pyrrole nitrogens is 1. The molecule has 0 aromatic carbocycles. The van der Waals surface area contributed by atoms with Gasteiger partial charge in [0.2, 0.25) is 0 Å². The van der Waals surface area contributed by atoms with E-state index in [0.717, 1.165) is 12.8 Å². The number of hydrogen-bond acceptors (Lipinski definition) is 5. The second kappa shape index (κ2) is 5.92. The number of likely N-dealkylation sites (tertiary alicyclic amines) is 1. The molecule has 0 spiro atoms. The van der Waals surface area contributed by atoms with E-state index in [0.29, 0.717) is 30.8 Å². The monoisotopic (exact) mass is 327 g/mol. The zero-order chi connectivity index (χ0) is 15.7. The smallest absolute Gasteiger partial charge is 0.324 e. The van der Waals surface area contributed by atoms with E-state index < -0.39 is 7.60 Å². The molecule has 0 saturated carbocycles. The number of imidazole rings is 1. The molecule has 1 atom stereocenters. The molecule has 1 saturated heterocycles. The molecule has 0 bridgehead atoms. The van der Waals surface area contributed by atoms with Gasteiger partial charge in [0.25, 0.3) is 5.56 Å². The van der Waals surface area contributed by atoms with Gasteiger partial charge in [-0.15, -0.1) is 0 Å². The highest BCUT2D eigenvalue weighted by Gasteiger charge is 2.26. The zero-order valence-corrected chi connectivity index (χ0v) is 12.8. The minimum atomic E-state index is -4.03. The van der Waals surface area contributed by atoms with Gasteiger partial charge in [0, 0.05) is 13.1 Å². The third-order valence-electron chi connectivity index (χ3n) is 3.85. The van der Waals surface area contributed by atoms with Crippen molar-refractivity contribution in [2.24, 2.45) is 5.92 Å². The molecule has 120 valence electrons. The molecule has 10 heteroatoms. The fourth-order valence-corrected chi connectivity index (χ4v) is 3.77. The number of nitrogens with zero attached hydrogens (tertiary/aromatic N) is 4. The van der Waals surface area contributed by atoms with Crippen molar-refractivity contribution in [2.45, 2.75) is 19.4 Å². The van der Waals surface area contributed by atoms with Crippen LogP contribution in [0.5, 0.6) is 0 Å². The van der Waals surface area contributed by atoms with Gasteiger partial charge < -0.3 is 19.3 Å². The first-order valence-corrected chi connectivity index (χ1v) is 8.87. The van der Waals surface area contributed by atoms with Gasteiger partial charge >= 0.3 is 7.60 Å². The van der Waals surface area contributed by atoms with Gasteiger partial charge in [0.05, 0.1) is 12.7 Å². The Labute approximate surface area is 126 Å². The van der Waals surface area contributed by atoms with E-state index in [-0.39, 0.29) is 17.8 Å². The maximum absolute atomic E-state index is 11.6. The lowest BCUT2D eigenvalue weighted by molar-refractivity contribution is 0.175. The number of rotatable bonds is 4. The summed E-state index contributed by atoms with van der Waals surface area (Å²) in [5.41, 5.74) is 0.580. The standard InChI is InChI=1S/C12H18N5O4P/c18-12-10-11(13-6-14-12)17(7-15-10)5-9-2-1-3-16(4-9)8-22(19,20)21/h6-7,9H,1-5,8H2,(H,13,14,18)(H2,19,20,21). The van der Waals surface area contributed by atoms with Crippen molar-refractivity contribution >= 4 is 18.8 Å². The van der Waals surface area contributed by atoms with Crippen LogP contribution in [0.4, 0.5) is 0 Å². The molecule has 9 nitrogen and oxygen atoms in total. The molecule has 1 aliphatic rings. The molecule has 3 N–H and O–H groups in total. The third-order valence-corrected chi connectivity index (χ3v) is 4.62. The zero-order valence-electron chi connectivity index (χ0n) is 11.9. The van der Waals surface area contributed by atoms with Crippen LogP contribution < -0.4 is 5.56 Å². The quantitative estimate of drug-likeness (QED) is 0.673. The number of hydrogen-bond donors (Lipinski definition) is 3. The number of aromatic amines is 1. The number of piperidine rings is 1. The van der Waals surface area contributed by atoms with Crippen molar-refractivity contribution < 1.29 is 14.4 Å². The Bertz CT molecular complexity index is 766.